The fourth-order valence-electron chi connectivity index (χ4n) is 0.540. The van der Waals surface area contributed by atoms with Crippen molar-refractivity contribution < 1.29 is 14.6 Å². The van der Waals surface area contributed by atoms with Crippen LogP contribution in [0.5, 0.6) is 0 Å². The maximum absolute atomic E-state index is 9.89. The highest BCUT2D eigenvalue weighted by molar-refractivity contribution is 5.67. The first-order chi connectivity index (χ1) is 4.77. The lowest BCUT2D eigenvalue weighted by Crippen LogP contribution is -2.07. The molecule has 10 heavy (non-hydrogen) atoms. The molecule has 1 radical (unpaired) electrons. The van der Waals surface area contributed by atoms with Gasteiger partial charge in [0.2, 0.25) is 0 Å². The number of ether oxygens (including phenoxy) is 1. The Balaban J connectivity index is 2.84. The van der Waals surface area contributed by atoms with Gasteiger partial charge < -0.3 is 9.84 Å². The van der Waals surface area contributed by atoms with E-state index < -0.39 is 5.97 Å². The van der Waals surface area contributed by atoms with Gasteiger partial charge in [-0.3, -0.25) is 0 Å². The lowest BCUT2D eigenvalue weighted by molar-refractivity contribution is -0.142. The standard InChI is InChI=1S/C7H13O3/c1-2-3-4-5-10-6-7(8)9/h1-6H2,(H,8,9). The van der Waals surface area contributed by atoms with Crippen molar-refractivity contribution >= 4 is 5.97 Å². The molecule has 0 fully saturated rings. The second-order valence-corrected chi connectivity index (χ2v) is 2.01. The lowest BCUT2D eigenvalue weighted by atomic mass is 10.3. The summed E-state index contributed by atoms with van der Waals surface area (Å²) in [5, 5.41) is 8.13. The van der Waals surface area contributed by atoms with Crippen molar-refractivity contribution in [3.63, 3.8) is 0 Å². The predicted molar refractivity (Wildman–Crippen MR) is 37.7 cm³/mol. The largest absolute Gasteiger partial charge is 0.480 e. The first kappa shape index (κ1) is 9.43. The highest BCUT2D eigenvalue weighted by Crippen LogP contribution is 1.92. The third-order valence-corrected chi connectivity index (χ3v) is 1.01. The number of hydrogen-bond donors (Lipinski definition) is 1. The Morgan fingerprint density at radius 1 is 1.50 bits per heavy atom. The van der Waals surface area contributed by atoms with Gasteiger partial charge in [-0.15, -0.1) is 0 Å². The minimum Gasteiger partial charge on any atom is -0.480 e. The number of carbonyl (C=O) groups is 1. The predicted octanol–water partition coefficient (Wildman–Crippen LogP) is 1.09. The number of carboxylic acids is 1. The summed E-state index contributed by atoms with van der Waals surface area (Å²) in [6, 6.07) is 0. The first-order valence-electron chi connectivity index (χ1n) is 3.36. The van der Waals surface area contributed by atoms with E-state index in [-0.39, 0.29) is 6.61 Å². The van der Waals surface area contributed by atoms with E-state index in [4.69, 9.17) is 9.84 Å². The third kappa shape index (κ3) is 7.43. The molecular formula is C7H13O3. The summed E-state index contributed by atoms with van der Waals surface area (Å²) >= 11 is 0. The fraction of sp³-hybridized carbons (Fsp3) is 0.714. The monoisotopic (exact) mass is 145 g/mol. The van der Waals surface area contributed by atoms with Crippen molar-refractivity contribution in [2.75, 3.05) is 13.2 Å². The van der Waals surface area contributed by atoms with Gasteiger partial charge in [0.15, 0.2) is 0 Å². The van der Waals surface area contributed by atoms with Gasteiger partial charge in [-0.25, -0.2) is 4.79 Å². The molecule has 0 unspecified atom stereocenters. The quantitative estimate of drug-likeness (QED) is 0.569. The minimum absolute atomic E-state index is 0.183. The molecule has 0 heterocycles. The fourth-order valence-corrected chi connectivity index (χ4v) is 0.540. The number of hydrogen-bond acceptors (Lipinski definition) is 2. The van der Waals surface area contributed by atoms with Crippen LogP contribution >= 0.6 is 0 Å². The van der Waals surface area contributed by atoms with Crippen molar-refractivity contribution in [1.29, 1.82) is 0 Å². The molecule has 1 N–H and O–H groups in total. The van der Waals surface area contributed by atoms with Gasteiger partial charge in [-0.05, 0) is 6.42 Å². The molecule has 0 bridgehead atoms. The molecule has 0 atom stereocenters. The highest BCUT2D eigenvalue weighted by Gasteiger charge is 1.94. The van der Waals surface area contributed by atoms with Crippen molar-refractivity contribution in [2.45, 2.75) is 19.3 Å². The molecule has 0 aromatic carbocycles. The molecule has 0 rings (SSSR count). The average molecular weight is 145 g/mol. The van der Waals surface area contributed by atoms with E-state index in [1.54, 1.807) is 0 Å². The summed E-state index contributed by atoms with van der Waals surface area (Å²) in [5.41, 5.74) is 0. The Bertz CT molecular complexity index is 90.9. The molecule has 0 aliphatic carbocycles. The van der Waals surface area contributed by atoms with E-state index in [0.717, 1.165) is 19.3 Å². The van der Waals surface area contributed by atoms with Crippen LogP contribution in [0.3, 0.4) is 0 Å². The van der Waals surface area contributed by atoms with Gasteiger partial charge in [-0.2, -0.15) is 0 Å². The number of aliphatic carboxylic acids is 1. The van der Waals surface area contributed by atoms with Crippen molar-refractivity contribution in [2.24, 2.45) is 0 Å². The van der Waals surface area contributed by atoms with Gasteiger partial charge in [0.05, 0.1) is 0 Å². The smallest absolute Gasteiger partial charge is 0.329 e. The topological polar surface area (TPSA) is 46.5 Å². The zero-order valence-corrected chi connectivity index (χ0v) is 6.01. The van der Waals surface area contributed by atoms with E-state index in [1.165, 1.54) is 0 Å². The molecule has 0 amide bonds. The Labute approximate surface area is 61.0 Å². The van der Waals surface area contributed by atoms with E-state index >= 15 is 0 Å². The van der Waals surface area contributed by atoms with E-state index in [2.05, 4.69) is 6.92 Å². The SMILES string of the molecule is [CH2]CCCCOCC(=O)O. The maximum atomic E-state index is 9.89. The zero-order chi connectivity index (χ0) is 7.82. The molecule has 0 aliphatic rings. The Kier molecular flexibility index (Phi) is 6.18. The van der Waals surface area contributed by atoms with E-state index in [0.29, 0.717) is 6.61 Å². The van der Waals surface area contributed by atoms with E-state index in [9.17, 15) is 4.79 Å². The number of carboxylic acid groups (broad SMARTS) is 1. The summed E-state index contributed by atoms with van der Waals surface area (Å²) in [7, 11) is 0. The summed E-state index contributed by atoms with van der Waals surface area (Å²) < 4.78 is 4.77. The van der Waals surface area contributed by atoms with Gasteiger partial charge in [0, 0.05) is 6.61 Å². The van der Waals surface area contributed by atoms with Gasteiger partial charge in [0.1, 0.15) is 6.61 Å². The molecule has 3 nitrogen and oxygen atoms in total. The highest BCUT2D eigenvalue weighted by atomic mass is 16.5. The summed E-state index contributed by atoms with van der Waals surface area (Å²) in [6.45, 7) is 3.99. The second-order valence-electron chi connectivity index (χ2n) is 2.01. The van der Waals surface area contributed by atoms with Crippen molar-refractivity contribution in [3.8, 4) is 0 Å². The van der Waals surface area contributed by atoms with Gasteiger partial charge in [-0.1, -0.05) is 19.8 Å². The summed E-state index contributed by atoms with van der Waals surface area (Å²) in [6.07, 6.45) is 2.78. The Morgan fingerprint density at radius 2 is 2.20 bits per heavy atom. The van der Waals surface area contributed by atoms with Crippen LogP contribution < -0.4 is 0 Å². The van der Waals surface area contributed by atoms with Crippen molar-refractivity contribution in [3.05, 3.63) is 6.92 Å². The van der Waals surface area contributed by atoms with Crippen LogP contribution in [0, 0.1) is 6.92 Å². The summed E-state index contributed by atoms with van der Waals surface area (Å²) in [4.78, 5) is 9.89. The van der Waals surface area contributed by atoms with Crippen LogP contribution in [0.1, 0.15) is 19.3 Å². The normalized spacial score (nSPS) is 9.70. The van der Waals surface area contributed by atoms with Crippen LogP contribution in [-0.4, -0.2) is 24.3 Å². The number of rotatable bonds is 6. The minimum atomic E-state index is -0.908. The molecule has 0 saturated heterocycles. The number of unbranched alkanes of at least 4 members (excludes halogenated alkanes) is 2. The molecule has 0 aliphatic heterocycles. The average Bonchev–Trinajstić information content (AvgIpc) is 1.87. The lowest BCUT2D eigenvalue weighted by Gasteiger charge is -1.98. The second kappa shape index (κ2) is 6.55. The van der Waals surface area contributed by atoms with Crippen LogP contribution in [0.15, 0.2) is 0 Å². The molecule has 0 spiro atoms. The Hall–Kier alpha value is -0.570. The molecule has 0 aromatic rings. The molecular weight excluding hydrogens is 132 g/mol. The van der Waals surface area contributed by atoms with Gasteiger partial charge >= 0.3 is 5.97 Å². The molecule has 59 valence electrons. The van der Waals surface area contributed by atoms with E-state index in [1.807, 2.05) is 0 Å². The first-order valence-corrected chi connectivity index (χ1v) is 3.36. The van der Waals surface area contributed by atoms with Gasteiger partial charge in [0.25, 0.3) is 0 Å². The van der Waals surface area contributed by atoms with Crippen molar-refractivity contribution in [1.82, 2.24) is 0 Å². The van der Waals surface area contributed by atoms with Crippen LogP contribution in [0.4, 0.5) is 0 Å². The van der Waals surface area contributed by atoms with Crippen LogP contribution in [0.2, 0.25) is 0 Å². The van der Waals surface area contributed by atoms with Crippen LogP contribution in [-0.2, 0) is 9.53 Å². The molecule has 0 aromatic heterocycles. The maximum Gasteiger partial charge on any atom is 0.329 e. The summed E-state index contributed by atoms with van der Waals surface area (Å²) in [5.74, 6) is -0.908. The Morgan fingerprint density at radius 3 is 2.70 bits per heavy atom. The molecule has 3 heteroatoms. The third-order valence-electron chi connectivity index (χ3n) is 1.01. The molecule has 0 saturated carbocycles. The zero-order valence-electron chi connectivity index (χ0n) is 6.01. The van der Waals surface area contributed by atoms with Crippen LogP contribution in [0.25, 0.3) is 0 Å².